The van der Waals surface area contributed by atoms with Crippen molar-refractivity contribution >= 4 is 33.1 Å². The van der Waals surface area contributed by atoms with E-state index in [4.69, 9.17) is 11.6 Å². The number of rotatable bonds is 4. The van der Waals surface area contributed by atoms with E-state index in [2.05, 4.69) is 37.3 Å². The Morgan fingerprint density at radius 1 is 0.741 bits per heavy atom. The van der Waals surface area contributed by atoms with E-state index in [-0.39, 0.29) is 0 Å². The van der Waals surface area contributed by atoms with Gasteiger partial charge in [0.05, 0.1) is 0 Å². The number of hydrogen-bond donors (Lipinski definition) is 0. The van der Waals surface area contributed by atoms with Crippen molar-refractivity contribution in [3.63, 3.8) is 0 Å². The summed E-state index contributed by atoms with van der Waals surface area (Å²) in [5.74, 6) is -1.49. The number of fused-ring (bicyclic) bond motifs is 3. The normalized spacial score (nSPS) is 11.4. The molecule has 4 aromatic carbocycles. The highest BCUT2D eigenvalue weighted by Crippen LogP contribution is 2.32. The Labute approximate surface area is 162 Å². The lowest BCUT2D eigenvalue weighted by molar-refractivity contribution is 0.585. The van der Waals surface area contributed by atoms with Crippen LogP contribution < -0.4 is 0 Å². The summed E-state index contributed by atoms with van der Waals surface area (Å²) in [4.78, 5) is 0. The van der Waals surface area contributed by atoms with Gasteiger partial charge in [-0.15, -0.1) is 0 Å². The molecule has 0 aliphatic heterocycles. The van der Waals surface area contributed by atoms with Crippen LogP contribution in [0.3, 0.4) is 0 Å². The van der Waals surface area contributed by atoms with E-state index in [0.717, 1.165) is 22.8 Å². The summed E-state index contributed by atoms with van der Waals surface area (Å²) in [6.07, 6.45) is 3.47. The number of aryl methyl sites for hydroxylation is 1. The zero-order valence-electron chi connectivity index (χ0n) is 15.0. The lowest BCUT2D eigenvalue weighted by atomic mass is 9.95. The largest absolute Gasteiger partial charge is 0.205 e. The molecule has 0 spiro atoms. The number of halogens is 3. The van der Waals surface area contributed by atoms with Crippen molar-refractivity contribution < 1.29 is 8.78 Å². The van der Waals surface area contributed by atoms with Crippen LogP contribution in [0, 0.1) is 11.6 Å². The van der Waals surface area contributed by atoms with Crippen molar-refractivity contribution in [1.29, 1.82) is 0 Å². The summed E-state index contributed by atoms with van der Waals surface area (Å²) in [5.41, 5.74) is 2.59. The maximum atomic E-state index is 13.8. The molecule has 0 unspecified atom stereocenters. The van der Waals surface area contributed by atoms with Gasteiger partial charge in [0.25, 0.3) is 0 Å². The summed E-state index contributed by atoms with van der Waals surface area (Å²) in [6.45, 7) is 2.20. The van der Waals surface area contributed by atoms with Crippen LogP contribution in [-0.2, 0) is 6.42 Å². The molecule has 0 N–H and O–H groups in total. The predicted molar refractivity (Wildman–Crippen MR) is 110 cm³/mol. The van der Waals surface area contributed by atoms with Crippen molar-refractivity contribution in [3.8, 4) is 11.1 Å². The topological polar surface area (TPSA) is 0 Å². The van der Waals surface area contributed by atoms with Crippen molar-refractivity contribution in [2.75, 3.05) is 0 Å². The predicted octanol–water partition coefficient (Wildman–Crippen LogP) is 7.93. The highest BCUT2D eigenvalue weighted by molar-refractivity contribution is 6.31. The monoisotopic (exact) mass is 380 g/mol. The van der Waals surface area contributed by atoms with E-state index in [0.29, 0.717) is 5.56 Å². The Balaban J connectivity index is 1.80. The minimum Gasteiger partial charge on any atom is -0.205 e. The first-order valence-corrected chi connectivity index (χ1v) is 9.55. The summed E-state index contributed by atoms with van der Waals surface area (Å²) in [5, 5.41) is 4.11. The SMILES string of the molecule is CCCCc1ccc2c(ccc3cc(-c4cc(F)c(Cl)c(F)c4)ccc32)c1. The van der Waals surface area contributed by atoms with Gasteiger partial charge in [0.15, 0.2) is 0 Å². The number of unbranched alkanes of at least 4 members (excludes halogenated alkanes) is 1. The Kier molecular flexibility index (Phi) is 4.84. The van der Waals surface area contributed by atoms with Crippen LogP contribution in [0.15, 0.2) is 60.7 Å². The molecule has 4 aromatic rings. The molecule has 0 nitrogen and oxygen atoms in total. The van der Waals surface area contributed by atoms with Gasteiger partial charge in [0, 0.05) is 0 Å². The molecule has 0 aliphatic carbocycles. The lowest BCUT2D eigenvalue weighted by Gasteiger charge is -2.09. The van der Waals surface area contributed by atoms with E-state index < -0.39 is 16.7 Å². The fourth-order valence-corrected chi connectivity index (χ4v) is 3.67. The molecular weight excluding hydrogens is 362 g/mol. The molecule has 136 valence electrons. The molecule has 0 radical (unpaired) electrons. The van der Waals surface area contributed by atoms with Gasteiger partial charge in [0.2, 0.25) is 0 Å². The molecule has 0 aromatic heterocycles. The van der Waals surface area contributed by atoms with Gasteiger partial charge >= 0.3 is 0 Å². The first-order valence-electron chi connectivity index (χ1n) is 9.17. The molecule has 0 saturated carbocycles. The standard InChI is InChI=1S/C24H19ClF2/c1-2-3-4-15-5-9-20-17(11-15)6-7-18-12-16(8-10-21(18)20)19-13-22(26)24(25)23(27)14-19/h5-14H,2-4H2,1H3. The van der Waals surface area contributed by atoms with Crippen LogP contribution in [0.2, 0.25) is 5.02 Å². The molecule has 0 fully saturated rings. The molecule has 4 rings (SSSR count). The lowest BCUT2D eigenvalue weighted by Crippen LogP contribution is -1.88. The molecule has 0 bridgehead atoms. The fraction of sp³-hybridized carbons (Fsp3) is 0.167. The van der Waals surface area contributed by atoms with Gasteiger partial charge in [-0.1, -0.05) is 67.4 Å². The number of benzene rings is 4. The molecule has 0 heterocycles. The summed E-state index contributed by atoms with van der Waals surface area (Å²) in [6, 6.07) is 19.2. The van der Waals surface area contributed by atoms with Gasteiger partial charge in [-0.25, -0.2) is 8.78 Å². The third kappa shape index (κ3) is 3.42. The fourth-order valence-electron chi connectivity index (χ4n) is 3.56. The van der Waals surface area contributed by atoms with Gasteiger partial charge < -0.3 is 0 Å². The van der Waals surface area contributed by atoms with Crippen LogP contribution in [-0.4, -0.2) is 0 Å². The molecule has 27 heavy (non-hydrogen) atoms. The van der Waals surface area contributed by atoms with E-state index in [9.17, 15) is 8.78 Å². The van der Waals surface area contributed by atoms with Crippen LogP contribution in [0.25, 0.3) is 32.7 Å². The van der Waals surface area contributed by atoms with E-state index >= 15 is 0 Å². The third-order valence-electron chi connectivity index (χ3n) is 5.04. The molecule has 3 heteroatoms. The minimum atomic E-state index is -0.745. The Bertz CT molecular complexity index is 1120. The highest BCUT2D eigenvalue weighted by atomic mass is 35.5. The second-order valence-electron chi connectivity index (χ2n) is 6.91. The molecule has 0 amide bonds. The zero-order valence-corrected chi connectivity index (χ0v) is 15.8. The average molecular weight is 381 g/mol. The number of hydrogen-bond acceptors (Lipinski definition) is 0. The maximum Gasteiger partial charge on any atom is 0.145 e. The molecule has 0 aliphatic rings. The van der Waals surface area contributed by atoms with Crippen molar-refractivity contribution in [3.05, 3.63) is 82.9 Å². The summed E-state index contributed by atoms with van der Waals surface area (Å²) >= 11 is 5.59. The quantitative estimate of drug-likeness (QED) is 0.249. The van der Waals surface area contributed by atoms with Gasteiger partial charge in [-0.2, -0.15) is 0 Å². The van der Waals surface area contributed by atoms with E-state index in [1.807, 2.05) is 18.2 Å². The van der Waals surface area contributed by atoms with Crippen LogP contribution in [0.5, 0.6) is 0 Å². The van der Waals surface area contributed by atoms with Gasteiger partial charge in [-0.3, -0.25) is 0 Å². The van der Waals surface area contributed by atoms with Crippen molar-refractivity contribution in [2.24, 2.45) is 0 Å². The van der Waals surface area contributed by atoms with E-state index in [1.54, 1.807) is 0 Å². The molecular formula is C24H19ClF2. The molecule has 0 atom stereocenters. The third-order valence-corrected chi connectivity index (χ3v) is 5.40. The van der Waals surface area contributed by atoms with Crippen molar-refractivity contribution in [2.45, 2.75) is 26.2 Å². The first kappa shape index (κ1) is 17.9. The Morgan fingerprint density at radius 3 is 2.04 bits per heavy atom. The second kappa shape index (κ2) is 7.28. The Morgan fingerprint density at radius 2 is 1.37 bits per heavy atom. The van der Waals surface area contributed by atoms with Crippen molar-refractivity contribution in [1.82, 2.24) is 0 Å². The average Bonchev–Trinajstić information content (AvgIpc) is 2.69. The summed E-state index contributed by atoms with van der Waals surface area (Å²) < 4.78 is 27.6. The van der Waals surface area contributed by atoms with Crippen LogP contribution in [0.1, 0.15) is 25.3 Å². The maximum absolute atomic E-state index is 13.8. The minimum absolute atomic E-state index is 0.468. The van der Waals surface area contributed by atoms with Gasteiger partial charge in [0.1, 0.15) is 16.7 Å². The van der Waals surface area contributed by atoms with Crippen LogP contribution in [0.4, 0.5) is 8.78 Å². The Hall–Kier alpha value is -2.45. The first-order chi connectivity index (χ1) is 13.1. The second-order valence-corrected chi connectivity index (χ2v) is 7.29. The van der Waals surface area contributed by atoms with E-state index in [1.165, 1.54) is 41.3 Å². The highest BCUT2D eigenvalue weighted by Gasteiger charge is 2.11. The summed E-state index contributed by atoms with van der Waals surface area (Å²) in [7, 11) is 0. The smallest absolute Gasteiger partial charge is 0.145 e. The molecule has 0 saturated heterocycles. The van der Waals surface area contributed by atoms with Gasteiger partial charge in [-0.05, 0) is 69.3 Å². The van der Waals surface area contributed by atoms with Crippen LogP contribution >= 0.6 is 11.6 Å². The zero-order chi connectivity index (χ0) is 19.0.